The summed E-state index contributed by atoms with van der Waals surface area (Å²) in [6, 6.07) is 19.4. The highest BCUT2D eigenvalue weighted by Gasteiger charge is 2.29. The second kappa shape index (κ2) is 10.4. The minimum Gasteiger partial charge on any atom is -0.479 e. The number of ether oxygens (including phenoxy) is 1. The van der Waals surface area contributed by atoms with Crippen molar-refractivity contribution in [3.63, 3.8) is 0 Å². The van der Waals surface area contributed by atoms with Crippen LogP contribution in [0.15, 0.2) is 66.7 Å². The summed E-state index contributed by atoms with van der Waals surface area (Å²) in [7, 11) is 0. The molecule has 0 aliphatic heterocycles. The predicted octanol–water partition coefficient (Wildman–Crippen LogP) is 3.75. The lowest BCUT2D eigenvalue weighted by Crippen LogP contribution is -2.31. The van der Waals surface area contributed by atoms with Crippen molar-refractivity contribution in [3.8, 4) is 11.1 Å². The maximum absolute atomic E-state index is 14.5. The third kappa shape index (κ3) is 5.15. The lowest BCUT2D eigenvalue weighted by Gasteiger charge is -2.16. The first kappa shape index (κ1) is 23.9. The van der Waals surface area contributed by atoms with Crippen LogP contribution >= 0.6 is 0 Å². The zero-order valence-electron chi connectivity index (χ0n) is 18.5. The average molecular weight is 478 g/mol. The molecule has 2 amide bonds. The number of anilines is 1. The number of rotatable bonds is 8. The number of aliphatic hydroxyl groups is 1. The van der Waals surface area contributed by atoms with Crippen LogP contribution in [-0.2, 0) is 9.53 Å². The van der Waals surface area contributed by atoms with E-state index in [-0.39, 0.29) is 36.7 Å². The number of amides is 2. The molecule has 1 atom stereocenters. The summed E-state index contributed by atoms with van der Waals surface area (Å²) in [6.45, 7) is -0.143. The second-order valence-electron chi connectivity index (χ2n) is 8.01. The zero-order valence-corrected chi connectivity index (χ0v) is 18.5. The fourth-order valence-electron chi connectivity index (χ4n) is 4.12. The Morgan fingerprint density at radius 3 is 2.20 bits per heavy atom. The van der Waals surface area contributed by atoms with E-state index in [0.717, 1.165) is 28.3 Å². The topological polar surface area (TPSA) is 125 Å². The molecule has 0 saturated carbocycles. The summed E-state index contributed by atoms with van der Waals surface area (Å²) in [6.07, 6.45) is -2.79. The molecule has 0 unspecified atom stereocenters. The van der Waals surface area contributed by atoms with Crippen LogP contribution in [0.4, 0.5) is 14.9 Å². The number of carbonyl (C=O) groups is 3. The molecule has 1 aliphatic rings. The number of carboxylic acids is 1. The molecular weight excluding hydrogens is 455 g/mol. The summed E-state index contributed by atoms with van der Waals surface area (Å²) >= 11 is 0. The molecule has 0 radical (unpaired) electrons. The Balaban J connectivity index is 1.43. The number of carboxylic acid groups (broad SMARTS) is 1. The van der Waals surface area contributed by atoms with Crippen LogP contribution in [0.25, 0.3) is 11.1 Å². The molecule has 0 bridgehead atoms. The molecule has 3 aromatic rings. The third-order valence-electron chi connectivity index (χ3n) is 5.82. The number of para-hydroxylation sites is 1. The molecule has 9 heteroatoms. The molecule has 180 valence electrons. The molecule has 0 spiro atoms. The SMILES string of the molecule is O=C(Nc1c(F)cccc1C(=O)NCC[C@H](O)C(=O)O)OCC1c2ccccc2-c2ccccc21. The van der Waals surface area contributed by atoms with Crippen LogP contribution in [0.3, 0.4) is 0 Å². The van der Waals surface area contributed by atoms with Crippen molar-refractivity contribution in [3.05, 3.63) is 89.2 Å². The largest absolute Gasteiger partial charge is 0.479 e. The Morgan fingerprint density at radius 1 is 0.943 bits per heavy atom. The fraction of sp³-hybridized carbons (Fsp3) is 0.192. The van der Waals surface area contributed by atoms with E-state index in [4.69, 9.17) is 9.84 Å². The lowest BCUT2D eigenvalue weighted by atomic mass is 9.98. The second-order valence-corrected chi connectivity index (χ2v) is 8.01. The van der Waals surface area contributed by atoms with Crippen LogP contribution in [-0.4, -0.2) is 47.4 Å². The van der Waals surface area contributed by atoms with Gasteiger partial charge >= 0.3 is 12.1 Å². The minimum atomic E-state index is -1.64. The molecule has 0 saturated heterocycles. The maximum Gasteiger partial charge on any atom is 0.411 e. The van der Waals surface area contributed by atoms with Gasteiger partial charge in [-0.1, -0.05) is 54.6 Å². The highest BCUT2D eigenvalue weighted by atomic mass is 19.1. The van der Waals surface area contributed by atoms with Crippen molar-refractivity contribution in [1.29, 1.82) is 0 Å². The number of halogens is 1. The first-order valence-corrected chi connectivity index (χ1v) is 11.0. The van der Waals surface area contributed by atoms with Crippen molar-refractivity contribution >= 4 is 23.7 Å². The molecule has 0 aromatic heterocycles. The Hall–Kier alpha value is -4.24. The summed E-state index contributed by atoms with van der Waals surface area (Å²) in [5.41, 5.74) is 3.66. The van der Waals surface area contributed by atoms with Gasteiger partial charge < -0.3 is 20.3 Å². The van der Waals surface area contributed by atoms with Gasteiger partial charge in [0.05, 0.1) is 11.3 Å². The van der Waals surface area contributed by atoms with Gasteiger partial charge in [-0.15, -0.1) is 0 Å². The number of hydrogen-bond acceptors (Lipinski definition) is 5. The molecule has 3 aromatic carbocycles. The third-order valence-corrected chi connectivity index (χ3v) is 5.82. The van der Waals surface area contributed by atoms with Gasteiger partial charge in [0.2, 0.25) is 0 Å². The molecule has 35 heavy (non-hydrogen) atoms. The highest BCUT2D eigenvalue weighted by molar-refractivity contribution is 6.02. The minimum absolute atomic E-state index is 0.0168. The Labute approximate surface area is 200 Å². The van der Waals surface area contributed by atoms with E-state index in [9.17, 15) is 23.9 Å². The highest BCUT2D eigenvalue weighted by Crippen LogP contribution is 2.44. The van der Waals surface area contributed by atoms with E-state index in [1.54, 1.807) is 0 Å². The fourth-order valence-corrected chi connectivity index (χ4v) is 4.12. The van der Waals surface area contributed by atoms with E-state index in [1.165, 1.54) is 12.1 Å². The quantitative estimate of drug-likeness (QED) is 0.391. The summed E-state index contributed by atoms with van der Waals surface area (Å²) < 4.78 is 19.9. The molecule has 8 nitrogen and oxygen atoms in total. The molecular formula is C26H23FN2O6. The van der Waals surface area contributed by atoms with E-state index in [0.29, 0.717) is 0 Å². The summed E-state index contributed by atoms with van der Waals surface area (Å²) in [5, 5.41) is 22.7. The number of aliphatic carboxylic acids is 1. The van der Waals surface area contributed by atoms with Crippen molar-refractivity contribution < 1.29 is 33.7 Å². The van der Waals surface area contributed by atoms with Crippen LogP contribution < -0.4 is 10.6 Å². The van der Waals surface area contributed by atoms with Crippen LogP contribution in [0.2, 0.25) is 0 Å². The first-order chi connectivity index (χ1) is 16.9. The van der Waals surface area contributed by atoms with Crippen molar-refractivity contribution in [2.24, 2.45) is 0 Å². The summed E-state index contributed by atoms with van der Waals surface area (Å²) in [4.78, 5) is 35.7. The Morgan fingerprint density at radius 2 is 1.57 bits per heavy atom. The number of benzene rings is 3. The number of nitrogens with one attached hydrogen (secondary N) is 2. The van der Waals surface area contributed by atoms with Crippen LogP contribution in [0.5, 0.6) is 0 Å². The molecule has 4 rings (SSSR count). The number of carbonyl (C=O) groups excluding carboxylic acids is 2. The maximum atomic E-state index is 14.5. The number of fused-ring (bicyclic) bond motifs is 3. The van der Waals surface area contributed by atoms with Gasteiger partial charge in [-0.25, -0.2) is 14.0 Å². The molecule has 0 fully saturated rings. The van der Waals surface area contributed by atoms with Gasteiger partial charge in [0.1, 0.15) is 12.4 Å². The van der Waals surface area contributed by atoms with E-state index in [2.05, 4.69) is 10.6 Å². The van der Waals surface area contributed by atoms with Crippen molar-refractivity contribution in [2.45, 2.75) is 18.4 Å². The van der Waals surface area contributed by atoms with Gasteiger partial charge in [-0.05, 0) is 34.4 Å². The molecule has 4 N–H and O–H groups in total. The van der Waals surface area contributed by atoms with Gasteiger partial charge in [0.25, 0.3) is 5.91 Å². The van der Waals surface area contributed by atoms with Gasteiger partial charge in [0.15, 0.2) is 6.10 Å². The zero-order chi connectivity index (χ0) is 24.9. The Bertz CT molecular complexity index is 1230. The number of aliphatic hydroxyl groups excluding tert-OH is 1. The first-order valence-electron chi connectivity index (χ1n) is 11.0. The Kier molecular flexibility index (Phi) is 7.07. The average Bonchev–Trinajstić information content (AvgIpc) is 3.17. The predicted molar refractivity (Wildman–Crippen MR) is 126 cm³/mol. The molecule has 1 aliphatic carbocycles. The van der Waals surface area contributed by atoms with E-state index >= 15 is 0 Å². The van der Waals surface area contributed by atoms with Gasteiger partial charge in [-0.3, -0.25) is 10.1 Å². The van der Waals surface area contributed by atoms with Crippen molar-refractivity contribution in [1.82, 2.24) is 5.32 Å². The van der Waals surface area contributed by atoms with Crippen LogP contribution in [0, 0.1) is 5.82 Å². The van der Waals surface area contributed by atoms with Gasteiger partial charge in [0, 0.05) is 18.9 Å². The molecule has 0 heterocycles. The van der Waals surface area contributed by atoms with E-state index < -0.39 is 29.9 Å². The van der Waals surface area contributed by atoms with Crippen LogP contribution in [0.1, 0.15) is 33.8 Å². The standard InChI is InChI=1S/C26H23FN2O6/c27-21-11-5-10-19(24(31)28-13-12-22(30)25(32)33)23(21)29-26(34)35-14-20-17-8-3-1-6-15(17)16-7-2-4-9-18(16)20/h1-11,20,22,30H,12-14H2,(H,28,31)(H,29,34)(H,32,33)/t22-/m0/s1. The monoisotopic (exact) mass is 478 g/mol. The lowest BCUT2D eigenvalue weighted by molar-refractivity contribution is -0.146. The normalized spacial score (nSPS) is 12.9. The summed E-state index contributed by atoms with van der Waals surface area (Å²) in [5.74, 6) is -3.17. The van der Waals surface area contributed by atoms with E-state index in [1.807, 2.05) is 48.5 Å². The van der Waals surface area contributed by atoms with Crippen molar-refractivity contribution in [2.75, 3.05) is 18.5 Å². The smallest absolute Gasteiger partial charge is 0.411 e. The van der Waals surface area contributed by atoms with Gasteiger partial charge in [-0.2, -0.15) is 0 Å². The number of hydrogen-bond donors (Lipinski definition) is 4.